The topological polar surface area (TPSA) is 93.0 Å². The van der Waals surface area contributed by atoms with Gasteiger partial charge in [-0.25, -0.2) is 14.8 Å². The van der Waals surface area contributed by atoms with Crippen molar-refractivity contribution < 1.29 is 14.6 Å². The molecule has 7 nitrogen and oxygen atoms in total. The van der Waals surface area contributed by atoms with Crippen LogP contribution < -0.4 is 4.74 Å². The number of aryl methyl sites for hydroxylation is 1. The fourth-order valence-electron chi connectivity index (χ4n) is 2.13. The zero-order chi connectivity index (χ0) is 14.3. The van der Waals surface area contributed by atoms with Crippen molar-refractivity contribution in [3.63, 3.8) is 0 Å². The van der Waals surface area contributed by atoms with Crippen molar-refractivity contribution in [3.8, 4) is 17.4 Å². The molecule has 0 atom stereocenters. The Morgan fingerprint density at radius 3 is 2.85 bits per heavy atom. The molecule has 3 aromatic rings. The minimum Gasteiger partial charge on any atom is -0.493 e. The van der Waals surface area contributed by atoms with Crippen LogP contribution in [-0.4, -0.2) is 37.7 Å². The number of aromatic amines is 1. The molecule has 7 heteroatoms. The summed E-state index contributed by atoms with van der Waals surface area (Å²) in [5.74, 6) is 0.422. The van der Waals surface area contributed by atoms with E-state index >= 15 is 0 Å². The van der Waals surface area contributed by atoms with Gasteiger partial charge in [0.2, 0.25) is 0 Å². The Bertz CT molecular complexity index is 803. The fraction of sp³-hybridized carbons (Fsp3) is 0.154. The number of nitrogens with one attached hydrogen (secondary N) is 1. The van der Waals surface area contributed by atoms with E-state index in [9.17, 15) is 4.79 Å². The second-order valence-electron chi connectivity index (χ2n) is 4.29. The molecule has 102 valence electrons. The Hall–Kier alpha value is -2.83. The SMILES string of the molecule is COc1c(C(=O)O)ccc2[nH]c(-c3nccn3C)nc12. The van der Waals surface area contributed by atoms with Gasteiger partial charge in [-0.3, -0.25) is 0 Å². The summed E-state index contributed by atoms with van der Waals surface area (Å²) in [6, 6.07) is 3.16. The molecule has 2 N–H and O–H groups in total. The van der Waals surface area contributed by atoms with Gasteiger partial charge in [-0.15, -0.1) is 0 Å². The number of carbonyl (C=O) groups is 1. The molecule has 0 aliphatic heterocycles. The summed E-state index contributed by atoms with van der Waals surface area (Å²) in [5, 5.41) is 9.16. The maximum atomic E-state index is 11.2. The van der Waals surface area contributed by atoms with Gasteiger partial charge in [-0.1, -0.05) is 0 Å². The number of hydrogen-bond acceptors (Lipinski definition) is 4. The molecular formula is C13H12N4O3. The second-order valence-corrected chi connectivity index (χ2v) is 4.29. The van der Waals surface area contributed by atoms with Gasteiger partial charge in [0.1, 0.15) is 11.1 Å². The van der Waals surface area contributed by atoms with E-state index in [0.717, 1.165) is 0 Å². The smallest absolute Gasteiger partial charge is 0.339 e. The first-order valence-corrected chi connectivity index (χ1v) is 5.89. The minimum absolute atomic E-state index is 0.0814. The van der Waals surface area contributed by atoms with E-state index in [0.29, 0.717) is 22.7 Å². The van der Waals surface area contributed by atoms with E-state index in [1.54, 1.807) is 12.3 Å². The van der Waals surface area contributed by atoms with Crippen molar-refractivity contribution in [2.45, 2.75) is 0 Å². The fourth-order valence-corrected chi connectivity index (χ4v) is 2.13. The predicted molar refractivity (Wildman–Crippen MR) is 71.8 cm³/mol. The molecule has 0 spiro atoms. The van der Waals surface area contributed by atoms with Crippen LogP contribution in [-0.2, 0) is 7.05 Å². The van der Waals surface area contributed by atoms with Crippen LogP contribution in [0, 0.1) is 0 Å². The molecule has 0 saturated heterocycles. The maximum absolute atomic E-state index is 11.2. The summed E-state index contributed by atoms with van der Waals surface area (Å²) in [4.78, 5) is 22.9. The monoisotopic (exact) mass is 272 g/mol. The first-order chi connectivity index (χ1) is 9.61. The maximum Gasteiger partial charge on any atom is 0.339 e. The normalized spacial score (nSPS) is 10.9. The van der Waals surface area contributed by atoms with E-state index in [1.165, 1.54) is 13.2 Å². The van der Waals surface area contributed by atoms with Gasteiger partial charge in [0, 0.05) is 19.4 Å². The number of aromatic nitrogens is 4. The summed E-state index contributed by atoms with van der Waals surface area (Å²) in [5.41, 5.74) is 1.26. The van der Waals surface area contributed by atoms with E-state index < -0.39 is 5.97 Å². The summed E-state index contributed by atoms with van der Waals surface area (Å²) in [7, 11) is 3.28. The molecule has 0 aliphatic carbocycles. The van der Waals surface area contributed by atoms with Gasteiger partial charge < -0.3 is 19.4 Å². The lowest BCUT2D eigenvalue weighted by Crippen LogP contribution is -2.00. The molecule has 20 heavy (non-hydrogen) atoms. The average Bonchev–Trinajstić information content (AvgIpc) is 3.02. The van der Waals surface area contributed by atoms with Crippen LogP contribution in [0.2, 0.25) is 0 Å². The zero-order valence-electron chi connectivity index (χ0n) is 10.9. The molecule has 2 aromatic heterocycles. The van der Waals surface area contributed by atoms with E-state index in [2.05, 4.69) is 15.0 Å². The molecule has 0 unspecified atom stereocenters. The Morgan fingerprint density at radius 2 is 2.25 bits per heavy atom. The molecule has 2 heterocycles. The molecule has 0 amide bonds. The number of nitrogens with zero attached hydrogens (tertiary/aromatic N) is 3. The molecule has 3 rings (SSSR count). The Balaban J connectivity index is 2.26. The van der Waals surface area contributed by atoms with Gasteiger partial charge in [-0.05, 0) is 12.1 Å². The van der Waals surface area contributed by atoms with E-state index in [1.807, 2.05) is 17.8 Å². The van der Waals surface area contributed by atoms with E-state index in [4.69, 9.17) is 9.84 Å². The Morgan fingerprint density at radius 1 is 1.45 bits per heavy atom. The van der Waals surface area contributed by atoms with Crippen molar-refractivity contribution in [1.82, 2.24) is 19.5 Å². The number of methoxy groups -OCH3 is 1. The van der Waals surface area contributed by atoms with Crippen LogP contribution in [0.15, 0.2) is 24.5 Å². The standard InChI is InChI=1S/C13H12N4O3/c1-17-6-5-14-12(17)11-15-8-4-3-7(13(18)19)10(20-2)9(8)16-11/h3-6H,1-2H3,(H,15,16)(H,18,19). The van der Waals surface area contributed by atoms with Gasteiger partial charge in [0.05, 0.1) is 12.6 Å². The number of rotatable bonds is 3. The van der Waals surface area contributed by atoms with Gasteiger partial charge in [0.25, 0.3) is 0 Å². The summed E-state index contributed by atoms with van der Waals surface area (Å²) in [6.07, 6.45) is 3.48. The van der Waals surface area contributed by atoms with Gasteiger partial charge >= 0.3 is 5.97 Å². The third kappa shape index (κ3) is 1.71. The lowest BCUT2D eigenvalue weighted by molar-refractivity contribution is 0.0693. The van der Waals surface area contributed by atoms with E-state index in [-0.39, 0.29) is 11.3 Å². The Kier molecular flexibility index (Phi) is 2.67. The van der Waals surface area contributed by atoms with Crippen LogP contribution in [0.4, 0.5) is 0 Å². The molecular weight excluding hydrogens is 260 g/mol. The first-order valence-electron chi connectivity index (χ1n) is 5.89. The number of ether oxygens (including phenoxy) is 1. The summed E-state index contributed by atoms with van der Waals surface area (Å²) < 4.78 is 7.01. The van der Waals surface area contributed by atoms with Crippen LogP contribution in [0.3, 0.4) is 0 Å². The number of benzene rings is 1. The van der Waals surface area contributed by atoms with Crippen LogP contribution in [0.5, 0.6) is 5.75 Å². The molecule has 0 fully saturated rings. The first kappa shape index (κ1) is 12.2. The number of imidazole rings is 2. The van der Waals surface area contributed by atoms with Crippen molar-refractivity contribution in [1.29, 1.82) is 0 Å². The third-order valence-electron chi connectivity index (χ3n) is 3.08. The van der Waals surface area contributed by atoms with Gasteiger partial charge in [0.15, 0.2) is 17.4 Å². The number of fused-ring (bicyclic) bond motifs is 1. The quantitative estimate of drug-likeness (QED) is 0.756. The largest absolute Gasteiger partial charge is 0.493 e. The number of aromatic carboxylic acids is 1. The van der Waals surface area contributed by atoms with Crippen LogP contribution in [0.25, 0.3) is 22.7 Å². The highest BCUT2D eigenvalue weighted by Gasteiger charge is 2.18. The second kappa shape index (κ2) is 4.37. The molecule has 0 radical (unpaired) electrons. The number of H-pyrrole nitrogens is 1. The third-order valence-corrected chi connectivity index (χ3v) is 3.08. The molecule has 1 aromatic carbocycles. The van der Waals surface area contributed by atoms with Crippen molar-refractivity contribution >= 4 is 17.0 Å². The van der Waals surface area contributed by atoms with Crippen molar-refractivity contribution in [2.75, 3.05) is 7.11 Å². The summed E-state index contributed by atoms with van der Waals surface area (Å²) in [6.45, 7) is 0. The lowest BCUT2D eigenvalue weighted by Gasteiger charge is -2.04. The van der Waals surface area contributed by atoms with Crippen molar-refractivity contribution in [2.24, 2.45) is 7.05 Å². The number of hydrogen-bond donors (Lipinski definition) is 2. The molecule has 0 bridgehead atoms. The van der Waals surface area contributed by atoms with Crippen LogP contribution in [0.1, 0.15) is 10.4 Å². The highest BCUT2D eigenvalue weighted by atomic mass is 16.5. The summed E-state index contributed by atoms with van der Waals surface area (Å²) >= 11 is 0. The van der Waals surface area contributed by atoms with Gasteiger partial charge in [-0.2, -0.15) is 0 Å². The Labute approximate surface area is 113 Å². The lowest BCUT2D eigenvalue weighted by atomic mass is 10.2. The number of carboxylic acids is 1. The zero-order valence-corrected chi connectivity index (χ0v) is 10.9. The van der Waals surface area contributed by atoms with Crippen molar-refractivity contribution in [3.05, 3.63) is 30.1 Å². The number of carboxylic acid groups (broad SMARTS) is 1. The average molecular weight is 272 g/mol. The minimum atomic E-state index is -1.05. The highest BCUT2D eigenvalue weighted by molar-refractivity contribution is 5.98. The molecule has 0 aliphatic rings. The predicted octanol–water partition coefficient (Wildman–Crippen LogP) is 1.67. The highest BCUT2D eigenvalue weighted by Crippen LogP contribution is 2.30. The van der Waals surface area contributed by atoms with Crippen LogP contribution >= 0.6 is 0 Å². The molecule has 0 saturated carbocycles.